The molecular weight excluding hydrogens is 466 g/mol. The van der Waals surface area contributed by atoms with Crippen LogP contribution in [0.4, 0.5) is 0 Å². The van der Waals surface area contributed by atoms with Gasteiger partial charge in [0.2, 0.25) is 5.91 Å². The molecule has 30 heavy (non-hydrogen) atoms. The Morgan fingerprint density at radius 2 is 1.87 bits per heavy atom. The number of carbonyl (C=O) groups excluding carboxylic acids is 1. The van der Waals surface area contributed by atoms with Gasteiger partial charge in [0.25, 0.3) is 10.0 Å². The number of hydrogen-bond donors (Lipinski definition) is 2. The SMILES string of the molecule is COc1ccc(S(=O)(=O)NNC(=O)CSCc2nc(-c3ccc(Cl)cc3)cs2)cc1. The molecule has 158 valence electrons. The average Bonchev–Trinajstić information content (AvgIpc) is 3.22. The van der Waals surface area contributed by atoms with Crippen LogP contribution in [0.3, 0.4) is 0 Å². The minimum absolute atomic E-state index is 0.0220. The summed E-state index contributed by atoms with van der Waals surface area (Å²) in [5.41, 5.74) is 4.04. The summed E-state index contributed by atoms with van der Waals surface area (Å²) in [6.45, 7) is 0. The summed E-state index contributed by atoms with van der Waals surface area (Å²) >= 11 is 8.74. The zero-order valence-corrected chi connectivity index (χ0v) is 19.0. The third kappa shape index (κ3) is 6.19. The smallest absolute Gasteiger partial charge is 0.257 e. The number of halogens is 1. The number of amides is 1. The Kier molecular flexibility index (Phi) is 7.73. The van der Waals surface area contributed by atoms with Crippen molar-refractivity contribution in [2.24, 2.45) is 0 Å². The van der Waals surface area contributed by atoms with Gasteiger partial charge in [-0.2, -0.15) is 0 Å². The molecule has 1 amide bonds. The number of rotatable bonds is 9. The van der Waals surface area contributed by atoms with E-state index >= 15 is 0 Å². The maximum atomic E-state index is 12.2. The van der Waals surface area contributed by atoms with E-state index < -0.39 is 15.9 Å². The predicted octanol–water partition coefficient (Wildman–Crippen LogP) is 3.72. The maximum absolute atomic E-state index is 12.2. The lowest BCUT2D eigenvalue weighted by Crippen LogP contribution is -2.42. The van der Waals surface area contributed by atoms with Crippen molar-refractivity contribution in [2.45, 2.75) is 10.6 Å². The molecule has 1 heterocycles. The Morgan fingerprint density at radius 3 is 2.53 bits per heavy atom. The molecular formula is C19H18ClN3O4S3. The van der Waals surface area contributed by atoms with Gasteiger partial charge in [-0.15, -0.1) is 27.9 Å². The second kappa shape index (κ2) is 10.3. The van der Waals surface area contributed by atoms with Crippen LogP contribution in [0.5, 0.6) is 5.75 Å². The number of hydrogen-bond acceptors (Lipinski definition) is 7. The fraction of sp³-hybridized carbons (Fsp3) is 0.158. The molecule has 0 aliphatic carbocycles. The molecule has 0 atom stereocenters. The molecule has 0 aliphatic rings. The van der Waals surface area contributed by atoms with E-state index in [1.165, 1.54) is 54.5 Å². The summed E-state index contributed by atoms with van der Waals surface area (Å²) in [7, 11) is -2.36. The number of nitrogens with zero attached hydrogens (tertiary/aromatic N) is 1. The Balaban J connectivity index is 1.45. The molecule has 0 spiro atoms. The monoisotopic (exact) mass is 483 g/mol. The fourth-order valence-electron chi connectivity index (χ4n) is 2.34. The van der Waals surface area contributed by atoms with E-state index in [0.717, 1.165) is 16.3 Å². The summed E-state index contributed by atoms with van der Waals surface area (Å²) < 4.78 is 29.4. The van der Waals surface area contributed by atoms with E-state index in [1.54, 1.807) is 0 Å². The molecule has 2 aromatic carbocycles. The van der Waals surface area contributed by atoms with Gasteiger partial charge < -0.3 is 4.74 Å². The Bertz CT molecular complexity index is 1100. The largest absolute Gasteiger partial charge is 0.497 e. The molecule has 11 heteroatoms. The van der Waals surface area contributed by atoms with Gasteiger partial charge in [0.05, 0.1) is 23.5 Å². The average molecular weight is 484 g/mol. The van der Waals surface area contributed by atoms with Crippen molar-refractivity contribution in [3.63, 3.8) is 0 Å². The van der Waals surface area contributed by atoms with E-state index in [0.29, 0.717) is 16.5 Å². The van der Waals surface area contributed by atoms with Crippen molar-refractivity contribution < 1.29 is 17.9 Å². The van der Waals surface area contributed by atoms with E-state index in [4.69, 9.17) is 16.3 Å². The molecule has 2 N–H and O–H groups in total. The highest BCUT2D eigenvalue weighted by Gasteiger charge is 2.15. The minimum Gasteiger partial charge on any atom is -0.497 e. The van der Waals surface area contributed by atoms with Crippen LogP contribution < -0.4 is 15.0 Å². The van der Waals surface area contributed by atoms with Crippen LogP contribution in [0.2, 0.25) is 5.02 Å². The van der Waals surface area contributed by atoms with Gasteiger partial charge in [-0.1, -0.05) is 23.7 Å². The lowest BCUT2D eigenvalue weighted by atomic mass is 10.2. The number of thioether (sulfide) groups is 1. The normalized spacial score (nSPS) is 11.3. The highest BCUT2D eigenvalue weighted by molar-refractivity contribution is 7.99. The van der Waals surface area contributed by atoms with Crippen molar-refractivity contribution in [1.82, 2.24) is 15.2 Å². The van der Waals surface area contributed by atoms with E-state index in [9.17, 15) is 13.2 Å². The van der Waals surface area contributed by atoms with Crippen molar-refractivity contribution in [2.75, 3.05) is 12.9 Å². The molecule has 0 bridgehead atoms. The molecule has 3 rings (SSSR count). The lowest BCUT2D eigenvalue weighted by Gasteiger charge is -2.08. The summed E-state index contributed by atoms with van der Waals surface area (Å²) in [5, 5.41) is 3.48. The number of nitrogens with one attached hydrogen (secondary N) is 2. The first kappa shape index (κ1) is 22.6. The maximum Gasteiger partial charge on any atom is 0.257 e. The van der Waals surface area contributed by atoms with Gasteiger partial charge in [-0.3, -0.25) is 10.2 Å². The van der Waals surface area contributed by atoms with E-state index in [-0.39, 0.29) is 10.6 Å². The van der Waals surface area contributed by atoms with Crippen molar-refractivity contribution >= 4 is 50.6 Å². The molecule has 0 aliphatic heterocycles. The van der Waals surface area contributed by atoms with Gasteiger partial charge in [-0.25, -0.2) is 13.4 Å². The molecule has 0 radical (unpaired) electrons. The third-order valence-corrected chi connectivity index (χ3v) is 7.34. The topological polar surface area (TPSA) is 97.4 Å². The molecule has 0 unspecified atom stereocenters. The van der Waals surface area contributed by atoms with Gasteiger partial charge in [0, 0.05) is 21.7 Å². The minimum atomic E-state index is -3.85. The van der Waals surface area contributed by atoms with Crippen molar-refractivity contribution in [1.29, 1.82) is 0 Å². The van der Waals surface area contributed by atoms with E-state index in [1.807, 2.05) is 29.6 Å². The van der Waals surface area contributed by atoms with Crippen LogP contribution >= 0.6 is 34.7 Å². The Hall–Kier alpha value is -2.11. The summed E-state index contributed by atoms with van der Waals surface area (Å²) in [6.07, 6.45) is 0. The zero-order valence-electron chi connectivity index (χ0n) is 15.8. The number of hydrazine groups is 1. The third-order valence-electron chi connectivity index (χ3n) is 3.84. The standard InChI is InChI=1S/C19H18ClN3O4S3/c1-27-15-6-8-16(9-7-15)30(25,26)23-22-18(24)11-28-12-19-21-17(10-29-19)13-2-4-14(20)5-3-13/h2-10,23H,11-12H2,1H3,(H,22,24). The first-order valence-corrected chi connectivity index (χ1v) is 12.5. The fourth-order valence-corrected chi connectivity index (χ4v) is 5.03. The van der Waals surface area contributed by atoms with Gasteiger partial charge >= 0.3 is 0 Å². The second-order valence-corrected chi connectivity index (χ2v) is 10.0. The van der Waals surface area contributed by atoms with E-state index in [2.05, 4.69) is 15.2 Å². The number of methoxy groups -OCH3 is 1. The summed E-state index contributed by atoms with van der Waals surface area (Å²) in [4.78, 5) is 18.6. The number of sulfonamides is 1. The van der Waals surface area contributed by atoms with Crippen LogP contribution in [0.25, 0.3) is 11.3 Å². The first-order valence-electron chi connectivity index (χ1n) is 8.60. The first-order chi connectivity index (χ1) is 14.4. The number of benzene rings is 2. The van der Waals surface area contributed by atoms with Crippen LogP contribution in [0, 0.1) is 0 Å². The number of aromatic nitrogens is 1. The molecule has 0 saturated carbocycles. The van der Waals surface area contributed by atoms with Crippen molar-refractivity contribution in [3.05, 3.63) is 63.9 Å². The number of carbonyl (C=O) groups is 1. The van der Waals surface area contributed by atoms with Crippen molar-refractivity contribution in [3.8, 4) is 17.0 Å². The van der Waals surface area contributed by atoms with Gasteiger partial charge in [0.1, 0.15) is 10.8 Å². The second-order valence-electron chi connectivity index (χ2n) is 5.96. The van der Waals surface area contributed by atoms with Crippen LogP contribution in [0.15, 0.2) is 58.8 Å². The van der Waals surface area contributed by atoms with Crippen LogP contribution in [0.1, 0.15) is 5.01 Å². The predicted molar refractivity (Wildman–Crippen MR) is 120 cm³/mol. The lowest BCUT2D eigenvalue weighted by molar-refractivity contribution is -0.119. The van der Waals surface area contributed by atoms with Gasteiger partial charge in [-0.05, 0) is 36.4 Å². The molecule has 7 nitrogen and oxygen atoms in total. The number of thiazole rings is 1. The number of ether oxygens (including phenoxy) is 1. The molecule has 3 aromatic rings. The summed E-state index contributed by atoms with van der Waals surface area (Å²) in [6, 6.07) is 13.3. The molecule has 1 aromatic heterocycles. The van der Waals surface area contributed by atoms with Gasteiger partial charge in [0.15, 0.2) is 0 Å². The summed E-state index contributed by atoms with van der Waals surface area (Å²) in [5.74, 6) is 0.708. The van der Waals surface area contributed by atoms with Crippen LogP contribution in [-0.4, -0.2) is 32.2 Å². The Labute approximate surface area is 187 Å². The zero-order chi connectivity index (χ0) is 21.6. The highest BCUT2D eigenvalue weighted by Crippen LogP contribution is 2.25. The van der Waals surface area contributed by atoms with Crippen LogP contribution in [-0.2, 0) is 20.6 Å². The highest BCUT2D eigenvalue weighted by atomic mass is 35.5. The Morgan fingerprint density at radius 1 is 1.17 bits per heavy atom. The molecule has 0 saturated heterocycles. The quantitative estimate of drug-likeness (QED) is 0.450. The molecule has 0 fully saturated rings.